The summed E-state index contributed by atoms with van der Waals surface area (Å²) >= 11 is 5.76. The van der Waals surface area contributed by atoms with Gasteiger partial charge in [-0.15, -0.1) is 0 Å². The van der Waals surface area contributed by atoms with Crippen molar-refractivity contribution in [1.29, 1.82) is 0 Å². The molecule has 0 fully saturated rings. The summed E-state index contributed by atoms with van der Waals surface area (Å²) in [4.78, 5) is 35.2. The first kappa shape index (κ1) is 19.3. The van der Waals surface area contributed by atoms with Crippen LogP contribution in [0.15, 0.2) is 54.6 Å². The summed E-state index contributed by atoms with van der Waals surface area (Å²) in [6, 6.07) is 14.8. The fraction of sp³-hybridized carbons (Fsp3) is 0.167. The molecule has 2 aromatic carbocycles. The number of hydrazine groups is 1. The van der Waals surface area contributed by atoms with E-state index in [2.05, 4.69) is 10.9 Å². The van der Waals surface area contributed by atoms with E-state index in [9.17, 15) is 14.4 Å². The van der Waals surface area contributed by atoms with Crippen LogP contribution in [-0.2, 0) is 14.3 Å². The summed E-state index contributed by atoms with van der Waals surface area (Å²) in [5.74, 6) is -1.44. The van der Waals surface area contributed by atoms with Gasteiger partial charge < -0.3 is 9.47 Å². The molecule has 0 aliphatic rings. The van der Waals surface area contributed by atoms with Crippen molar-refractivity contribution in [3.63, 3.8) is 0 Å². The van der Waals surface area contributed by atoms with Crippen LogP contribution in [0.4, 0.5) is 0 Å². The van der Waals surface area contributed by atoms with Gasteiger partial charge >= 0.3 is 5.97 Å². The number of ether oxygens (including phenoxy) is 2. The monoisotopic (exact) mass is 376 g/mol. The van der Waals surface area contributed by atoms with Crippen molar-refractivity contribution in [2.24, 2.45) is 0 Å². The minimum absolute atomic E-state index is 0.384. The maximum atomic E-state index is 11.8. The molecule has 0 heterocycles. The zero-order valence-corrected chi connectivity index (χ0v) is 14.7. The summed E-state index contributed by atoms with van der Waals surface area (Å²) in [5.41, 5.74) is 4.77. The highest BCUT2D eigenvalue weighted by atomic mass is 35.5. The zero-order chi connectivity index (χ0) is 18.9. The molecule has 8 heteroatoms. The van der Waals surface area contributed by atoms with Crippen LogP contribution in [0, 0.1) is 0 Å². The number of carbonyl (C=O) groups is 3. The lowest BCUT2D eigenvalue weighted by Crippen LogP contribution is -2.44. The van der Waals surface area contributed by atoms with E-state index in [-0.39, 0.29) is 0 Å². The molecule has 0 saturated carbocycles. The minimum atomic E-state index is -0.914. The van der Waals surface area contributed by atoms with Crippen molar-refractivity contribution < 1.29 is 23.9 Å². The van der Waals surface area contributed by atoms with Crippen LogP contribution in [-0.4, -0.2) is 30.5 Å². The van der Waals surface area contributed by atoms with Crippen LogP contribution in [0.25, 0.3) is 0 Å². The second kappa shape index (κ2) is 9.43. The van der Waals surface area contributed by atoms with Gasteiger partial charge in [0.1, 0.15) is 5.75 Å². The Morgan fingerprint density at radius 2 is 1.65 bits per heavy atom. The Morgan fingerprint density at radius 1 is 1.00 bits per heavy atom. The third-order valence-corrected chi connectivity index (χ3v) is 3.41. The van der Waals surface area contributed by atoms with Crippen LogP contribution in [0.2, 0.25) is 5.02 Å². The molecule has 0 bridgehead atoms. The molecule has 0 radical (unpaired) electrons. The van der Waals surface area contributed by atoms with Crippen LogP contribution < -0.4 is 15.6 Å². The first-order valence-corrected chi connectivity index (χ1v) is 8.06. The fourth-order valence-electron chi connectivity index (χ4n) is 1.84. The van der Waals surface area contributed by atoms with Crippen molar-refractivity contribution in [2.45, 2.75) is 13.0 Å². The largest absolute Gasteiger partial charge is 0.479 e. The molecule has 0 aromatic heterocycles. The maximum Gasteiger partial charge on any atom is 0.347 e. The lowest BCUT2D eigenvalue weighted by Gasteiger charge is -2.14. The predicted octanol–water partition coefficient (Wildman–Crippen LogP) is 2.11. The normalized spacial score (nSPS) is 11.2. The van der Waals surface area contributed by atoms with Gasteiger partial charge in [-0.2, -0.15) is 0 Å². The average molecular weight is 377 g/mol. The smallest absolute Gasteiger partial charge is 0.347 e. The Hall–Kier alpha value is -3.06. The molecule has 0 unspecified atom stereocenters. The van der Waals surface area contributed by atoms with E-state index in [0.29, 0.717) is 16.3 Å². The van der Waals surface area contributed by atoms with Crippen molar-refractivity contribution in [2.75, 3.05) is 6.61 Å². The summed E-state index contributed by atoms with van der Waals surface area (Å²) in [6.45, 7) is 0.939. The number of esters is 1. The highest BCUT2D eigenvalue weighted by Gasteiger charge is 2.18. The molecular formula is C18H17ClN2O5. The molecule has 0 aliphatic carbocycles. The Bertz CT molecular complexity index is 765. The summed E-state index contributed by atoms with van der Waals surface area (Å²) in [7, 11) is 0. The molecule has 1 atom stereocenters. The van der Waals surface area contributed by atoms with E-state index in [4.69, 9.17) is 21.1 Å². The van der Waals surface area contributed by atoms with Gasteiger partial charge in [0.2, 0.25) is 0 Å². The second-order valence-corrected chi connectivity index (χ2v) is 5.63. The van der Waals surface area contributed by atoms with Crippen molar-refractivity contribution >= 4 is 29.4 Å². The lowest BCUT2D eigenvalue weighted by atomic mass is 10.2. The Kier molecular flexibility index (Phi) is 6.99. The molecule has 7 nitrogen and oxygen atoms in total. The van der Waals surface area contributed by atoms with Crippen LogP contribution in [0.5, 0.6) is 5.75 Å². The quantitative estimate of drug-likeness (QED) is 0.595. The molecular weight excluding hydrogens is 360 g/mol. The van der Waals surface area contributed by atoms with Gasteiger partial charge in [0.05, 0.1) is 0 Å². The SMILES string of the molecule is C[C@H](Oc1ccc(Cl)cc1)C(=O)OCC(=O)NNC(=O)c1ccccc1. The predicted molar refractivity (Wildman–Crippen MR) is 94.6 cm³/mol. The Labute approximate surface area is 155 Å². The zero-order valence-electron chi connectivity index (χ0n) is 13.9. The van der Waals surface area contributed by atoms with Gasteiger partial charge in [0, 0.05) is 10.6 Å². The van der Waals surface area contributed by atoms with Gasteiger partial charge in [-0.3, -0.25) is 20.4 Å². The van der Waals surface area contributed by atoms with Crippen LogP contribution in [0.3, 0.4) is 0 Å². The van der Waals surface area contributed by atoms with E-state index in [1.807, 2.05) is 0 Å². The standard InChI is InChI=1S/C18H17ClN2O5/c1-12(26-15-9-7-14(19)8-10-15)18(24)25-11-16(22)20-21-17(23)13-5-3-2-4-6-13/h2-10,12H,11H2,1H3,(H,20,22)(H,21,23)/t12-/m0/s1. The topological polar surface area (TPSA) is 93.7 Å². The molecule has 2 rings (SSSR count). The van der Waals surface area contributed by atoms with E-state index >= 15 is 0 Å². The highest BCUT2D eigenvalue weighted by molar-refractivity contribution is 6.30. The Morgan fingerprint density at radius 3 is 2.31 bits per heavy atom. The molecule has 2 aromatic rings. The number of halogens is 1. The first-order chi connectivity index (χ1) is 12.5. The molecule has 2 N–H and O–H groups in total. The van der Waals surface area contributed by atoms with Crippen LogP contribution in [0.1, 0.15) is 17.3 Å². The van der Waals surface area contributed by atoms with E-state index in [1.165, 1.54) is 6.92 Å². The third-order valence-electron chi connectivity index (χ3n) is 3.16. The highest BCUT2D eigenvalue weighted by Crippen LogP contribution is 2.17. The first-order valence-electron chi connectivity index (χ1n) is 7.69. The molecule has 2 amide bonds. The van der Waals surface area contributed by atoms with Gasteiger partial charge in [-0.1, -0.05) is 29.8 Å². The molecule has 136 valence electrons. The molecule has 0 spiro atoms. The number of nitrogens with one attached hydrogen (secondary N) is 2. The second-order valence-electron chi connectivity index (χ2n) is 5.19. The van der Waals surface area contributed by atoms with Crippen molar-refractivity contribution in [3.05, 3.63) is 65.2 Å². The van der Waals surface area contributed by atoms with Crippen LogP contribution >= 0.6 is 11.6 Å². The van der Waals surface area contributed by atoms with Crippen molar-refractivity contribution in [1.82, 2.24) is 10.9 Å². The van der Waals surface area contributed by atoms with Gasteiger partial charge in [0.15, 0.2) is 12.7 Å². The van der Waals surface area contributed by atoms with Gasteiger partial charge in [-0.25, -0.2) is 4.79 Å². The van der Waals surface area contributed by atoms with Gasteiger partial charge in [-0.05, 0) is 43.3 Å². The summed E-state index contributed by atoms with van der Waals surface area (Å²) in [6.07, 6.45) is -0.914. The molecule has 0 saturated heterocycles. The number of amides is 2. The number of rotatable bonds is 6. The number of hydrogen-bond acceptors (Lipinski definition) is 5. The summed E-state index contributed by atoms with van der Waals surface area (Å²) in [5, 5.41) is 0.543. The fourth-order valence-corrected chi connectivity index (χ4v) is 1.97. The number of benzene rings is 2. The third kappa shape index (κ3) is 6.10. The molecule has 0 aliphatic heterocycles. The summed E-state index contributed by atoms with van der Waals surface area (Å²) < 4.78 is 10.2. The number of carbonyl (C=O) groups excluding carboxylic acids is 3. The molecule has 26 heavy (non-hydrogen) atoms. The van der Waals surface area contributed by atoms with E-state index < -0.39 is 30.5 Å². The van der Waals surface area contributed by atoms with Gasteiger partial charge in [0.25, 0.3) is 11.8 Å². The lowest BCUT2D eigenvalue weighted by molar-refractivity contribution is -0.154. The average Bonchev–Trinajstić information content (AvgIpc) is 2.66. The maximum absolute atomic E-state index is 11.8. The Balaban J connectivity index is 1.71. The van der Waals surface area contributed by atoms with Crippen molar-refractivity contribution in [3.8, 4) is 5.75 Å². The minimum Gasteiger partial charge on any atom is -0.479 e. The number of hydrogen-bond donors (Lipinski definition) is 2. The van der Waals surface area contributed by atoms with E-state index in [0.717, 1.165) is 0 Å². The van der Waals surface area contributed by atoms with E-state index in [1.54, 1.807) is 54.6 Å².